The molecule has 6 heteroatoms. The van der Waals surface area contributed by atoms with Crippen LogP contribution in [0.15, 0.2) is 48.8 Å². The maximum atomic E-state index is 11.1. The summed E-state index contributed by atoms with van der Waals surface area (Å²) in [5, 5.41) is 11.1. The highest BCUT2D eigenvalue weighted by Gasteiger charge is 2.28. The van der Waals surface area contributed by atoms with E-state index in [1.165, 1.54) is 5.69 Å². The minimum absolute atomic E-state index is 0.142. The summed E-state index contributed by atoms with van der Waals surface area (Å²) in [7, 11) is 0. The zero-order valence-corrected chi connectivity index (χ0v) is 16.5. The van der Waals surface area contributed by atoms with Crippen LogP contribution in [-0.2, 0) is 0 Å². The molecule has 3 aromatic rings. The normalized spacial score (nSPS) is 20.6. The number of hydrogen-bond acceptors (Lipinski definition) is 5. The van der Waals surface area contributed by atoms with Crippen molar-refractivity contribution in [1.29, 1.82) is 0 Å². The van der Waals surface area contributed by atoms with Crippen molar-refractivity contribution in [2.75, 3.05) is 24.5 Å². The summed E-state index contributed by atoms with van der Waals surface area (Å²) in [6, 6.07) is 14.4. The van der Waals surface area contributed by atoms with Gasteiger partial charge in [-0.15, -0.1) is 0 Å². The molecule has 0 N–H and O–H groups in total. The van der Waals surface area contributed by atoms with Crippen molar-refractivity contribution in [3.63, 3.8) is 0 Å². The van der Waals surface area contributed by atoms with Gasteiger partial charge < -0.3 is 14.8 Å². The summed E-state index contributed by atoms with van der Waals surface area (Å²) in [6.07, 6.45) is 1.74. The van der Waals surface area contributed by atoms with Crippen LogP contribution >= 0.6 is 0 Å². The monoisotopic (exact) mass is 377 g/mol. The molecule has 1 aliphatic rings. The van der Waals surface area contributed by atoms with Crippen LogP contribution in [0.5, 0.6) is 0 Å². The number of carbonyl (C=O) groups is 1. The lowest BCUT2D eigenvalue weighted by Crippen LogP contribution is -2.56. The number of imidazole rings is 1. The second-order valence-corrected chi connectivity index (χ2v) is 7.56. The molecular formula is C22H25N4O2-. The van der Waals surface area contributed by atoms with Gasteiger partial charge in [0.1, 0.15) is 6.33 Å². The summed E-state index contributed by atoms with van der Waals surface area (Å²) in [4.78, 5) is 20.4. The second kappa shape index (κ2) is 7.28. The van der Waals surface area contributed by atoms with Gasteiger partial charge in [0.15, 0.2) is 0 Å². The van der Waals surface area contributed by atoms with Gasteiger partial charge in [-0.05, 0) is 56.3 Å². The molecule has 0 bridgehead atoms. The van der Waals surface area contributed by atoms with E-state index in [9.17, 15) is 9.90 Å². The summed E-state index contributed by atoms with van der Waals surface area (Å²) in [6.45, 7) is 9.87. The third-order valence-electron chi connectivity index (χ3n) is 5.72. The Labute approximate surface area is 165 Å². The van der Waals surface area contributed by atoms with E-state index in [4.69, 9.17) is 0 Å². The van der Waals surface area contributed by atoms with Gasteiger partial charge in [-0.3, -0.25) is 9.47 Å². The number of aromatic nitrogens is 2. The maximum Gasteiger partial charge on any atom is 0.100 e. The molecule has 0 radical (unpaired) electrons. The van der Waals surface area contributed by atoms with E-state index in [0.717, 1.165) is 30.8 Å². The minimum atomic E-state index is -1.19. The average molecular weight is 377 g/mol. The van der Waals surface area contributed by atoms with Crippen LogP contribution in [0, 0.1) is 0 Å². The van der Waals surface area contributed by atoms with Crippen LogP contribution in [0.4, 0.5) is 5.69 Å². The quantitative estimate of drug-likeness (QED) is 0.698. The summed E-state index contributed by atoms with van der Waals surface area (Å²) in [5.41, 5.74) is 3.87. The number of fused-ring (bicyclic) bond motifs is 1. The first-order chi connectivity index (χ1) is 13.5. The molecule has 6 nitrogen and oxygen atoms in total. The molecule has 2 heterocycles. The molecule has 0 spiro atoms. The van der Waals surface area contributed by atoms with Crippen LogP contribution in [0.25, 0.3) is 16.7 Å². The fraction of sp³-hybridized carbons (Fsp3) is 0.364. The number of carbonyl (C=O) groups excluding carboxylic acids is 1. The van der Waals surface area contributed by atoms with Gasteiger partial charge in [0.2, 0.25) is 0 Å². The van der Waals surface area contributed by atoms with Crippen molar-refractivity contribution in [3.05, 3.63) is 54.4 Å². The predicted molar refractivity (Wildman–Crippen MR) is 109 cm³/mol. The van der Waals surface area contributed by atoms with Crippen molar-refractivity contribution in [2.24, 2.45) is 0 Å². The molecule has 1 saturated heterocycles. The van der Waals surface area contributed by atoms with E-state index >= 15 is 0 Å². The summed E-state index contributed by atoms with van der Waals surface area (Å²) < 4.78 is 1.99. The summed E-state index contributed by atoms with van der Waals surface area (Å²) in [5.74, 6) is -1.19. The molecule has 2 unspecified atom stereocenters. The minimum Gasteiger partial charge on any atom is -0.545 e. The van der Waals surface area contributed by atoms with Crippen LogP contribution in [0.1, 0.15) is 31.1 Å². The number of carboxylic acids is 1. The van der Waals surface area contributed by atoms with Crippen molar-refractivity contribution >= 4 is 22.7 Å². The second-order valence-electron chi connectivity index (χ2n) is 7.56. The average Bonchev–Trinajstić information content (AvgIpc) is 3.11. The Bertz CT molecular complexity index is 1000. The number of rotatable bonds is 4. The zero-order chi connectivity index (χ0) is 19.8. The summed E-state index contributed by atoms with van der Waals surface area (Å²) >= 11 is 0. The molecule has 2 aromatic carbocycles. The Balaban J connectivity index is 1.66. The fourth-order valence-corrected chi connectivity index (χ4v) is 4.38. The molecular weight excluding hydrogens is 352 g/mol. The molecule has 1 fully saturated rings. The highest BCUT2D eigenvalue weighted by atomic mass is 16.4. The van der Waals surface area contributed by atoms with Crippen molar-refractivity contribution in [1.82, 2.24) is 14.5 Å². The Morgan fingerprint density at radius 3 is 2.50 bits per heavy atom. The smallest absolute Gasteiger partial charge is 0.100 e. The maximum absolute atomic E-state index is 11.1. The lowest BCUT2D eigenvalue weighted by Gasteiger charge is -2.45. The van der Waals surface area contributed by atoms with Gasteiger partial charge >= 0.3 is 0 Å². The van der Waals surface area contributed by atoms with Gasteiger partial charge in [0.25, 0.3) is 0 Å². The van der Waals surface area contributed by atoms with Gasteiger partial charge in [0, 0.05) is 36.5 Å². The van der Waals surface area contributed by atoms with E-state index in [1.54, 1.807) is 24.5 Å². The van der Waals surface area contributed by atoms with Gasteiger partial charge in [-0.2, -0.15) is 0 Å². The van der Waals surface area contributed by atoms with Gasteiger partial charge in [0.05, 0.1) is 17.0 Å². The number of hydrogen-bond donors (Lipinski definition) is 0. The fourth-order valence-electron chi connectivity index (χ4n) is 4.38. The third-order valence-corrected chi connectivity index (χ3v) is 5.72. The lowest BCUT2D eigenvalue weighted by atomic mass is 10.1. The predicted octanol–water partition coefficient (Wildman–Crippen LogP) is 2.31. The zero-order valence-electron chi connectivity index (χ0n) is 16.5. The van der Waals surface area contributed by atoms with Crippen molar-refractivity contribution in [2.45, 2.75) is 32.9 Å². The van der Waals surface area contributed by atoms with E-state index in [-0.39, 0.29) is 5.56 Å². The lowest BCUT2D eigenvalue weighted by molar-refractivity contribution is -0.255. The molecule has 0 amide bonds. The molecule has 146 valence electrons. The number of nitrogens with zero attached hydrogens (tertiary/aromatic N) is 4. The number of benzene rings is 2. The van der Waals surface area contributed by atoms with Crippen LogP contribution in [0.2, 0.25) is 0 Å². The number of piperazine rings is 1. The van der Waals surface area contributed by atoms with Gasteiger partial charge in [-0.25, -0.2) is 4.98 Å². The number of carboxylic acid groups (broad SMARTS) is 1. The van der Waals surface area contributed by atoms with E-state index in [1.807, 2.05) is 10.6 Å². The Morgan fingerprint density at radius 1 is 1.11 bits per heavy atom. The molecule has 0 aliphatic carbocycles. The van der Waals surface area contributed by atoms with Crippen LogP contribution in [-0.4, -0.2) is 52.1 Å². The first-order valence-electron chi connectivity index (χ1n) is 9.77. The standard InChI is InChI=1S/C22H26N4O2/c1-4-25-15(2)12-24(13-16(25)3)18-6-5-7-19(11-18)26-14-23-20-10-17(22(27)28)8-9-21(20)26/h5-11,14-16H,4,12-13H2,1-3H3,(H,27,28)/p-1. The number of anilines is 1. The molecule has 1 aliphatic heterocycles. The Kier molecular flexibility index (Phi) is 4.81. The Hall–Kier alpha value is -2.86. The van der Waals surface area contributed by atoms with E-state index in [2.05, 4.69) is 53.8 Å². The topological polar surface area (TPSA) is 64.4 Å². The van der Waals surface area contributed by atoms with E-state index < -0.39 is 5.97 Å². The molecule has 2 atom stereocenters. The first kappa shape index (κ1) is 18.5. The molecule has 4 rings (SSSR count). The van der Waals surface area contributed by atoms with Crippen LogP contribution < -0.4 is 10.0 Å². The number of aromatic carboxylic acids is 1. The highest BCUT2D eigenvalue weighted by molar-refractivity contribution is 5.91. The van der Waals surface area contributed by atoms with Crippen molar-refractivity contribution < 1.29 is 9.90 Å². The Morgan fingerprint density at radius 2 is 1.82 bits per heavy atom. The third kappa shape index (κ3) is 3.24. The number of likely N-dealkylation sites (N-methyl/N-ethyl adjacent to an activating group) is 1. The SMILES string of the molecule is CCN1C(C)CN(c2cccc(-n3cnc4cc(C(=O)[O-])ccc43)c2)CC1C. The molecule has 1 aromatic heterocycles. The van der Waals surface area contributed by atoms with Crippen molar-refractivity contribution in [3.8, 4) is 5.69 Å². The molecule has 0 saturated carbocycles. The van der Waals surface area contributed by atoms with E-state index in [0.29, 0.717) is 17.6 Å². The largest absolute Gasteiger partial charge is 0.545 e. The molecule has 28 heavy (non-hydrogen) atoms. The first-order valence-corrected chi connectivity index (χ1v) is 9.77. The highest BCUT2D eigenvalue weighted by Crippen LogP contribution is 2.26. The van der Waals surface area contributed by atoms with Gasteiger partial charge in [-0.1, -0.05) is 19.1 Å². The van der Waals surface area contributed by atoms with Crippen LogP contribution in [0.3, 0.4) is 0 Å².